The number of hydrogen-bond acceptors (Lipinski definition) is 4. The molecule has 1 N–H and O–H groups in total. The lowest BCUT2D eigenvalue weighted by Crippen LogP contribution is -2.27. The average molecular weight is 410 g/mol. The van der Waals surface area contributed by atoms with Gasteiger partial charge in [-0.05, 0) is 60.7 Å². The number of nitrogens with one attached hydrogen (secondary N) is 1. The first kappa shape index (κ1) is 19.4. The molecule has 0 saturated heterocycles. The zero-order valence-corrected chi connectivity index (χ0v) is 17.5. The maximum Gasteiger partial charge on any atom is 0.261 e. The number of carbonyl (C=O) groups excluding carboxylic acids is 1. The van der Waals surface area contributed by atoms with E-state index in [1.807, 2.05) is 13.0 Å². The molecule has 0 bridgehead atoms. The molecule has 0 fully saturated rings. The summed E-state index contributed by atoms with van der Waals surface area (Å²) in [6.45, 7) is 6.04. The van der Waals surface area contributed by atoms with E-state index in [2.05, 4.69) is 23.7 Å². The Bertz CT molecular complexity index is 1190. The molecule has 1 aliphatic carbocycles. The van der Waals surface area contributed by atoms with Crippen molar-refractivity contribution in [1.29, 1.82) is 0 Å². The van der Waals surface area contributed by atoms with Crippen LogP contribution in [0.5, 0.6) is 0 Å². The first-order chi connectivity index (χ1) is 13.6. The Hall–Kier alpha value is -2.93. The van der Waals surface area contributed by atoms with Crippen LogP contribution >= 0.6 is 0 Å². The van der Waals surface area contributed by atoms with Gasteiger partial charge in [-0.25, -0.2) is 13.1 Å². The number of aromatic nitrogens is 2. The summed E-state index contributed by atoms with van der Waals surface area (Å²) in [4.78, 5) is 12.6. The lowest BCUT2D eigenvalue weighted by Gasteiger charge is -2.28. The third-order valence-electron chi connectivity index (χ3n) is 5.12. The monoisotopic (exact) mass is 409 g/mol. The van der Waals surface area contributed by atoms with Gasteiger partial charge in [0.15, 0.2) is 5.78 Å². The van der Waals surface area contributed by atoms with E-state index in [0.29, 0.717) is 17.7 Å². The minimum Gasteiger partial charge on any atom is -0.294 e. The molecule has 0 spiro atoms. The Morgan fingerprint density at radius 1 is 1.07 bits per heavy atom. The molecule has 0 radical (unpaired) electrons. The summed E-state index contributed by atoms with van der Waals surface area (Å²) in [5.41, 5.74) is 3.63. The number of aryl methyl sites for hydroxylation is 1. The second-order valence-electron chi connectivity index (χ2n) is 8.33. The summed E-state index contributed by atoms with van der Waals surface area (Å²) >= 11 is 0. The summed E-state index contributed by atoms with van der Waals surface area (Å²) in [5.74, 6) is 0.101. The maximum atomic E-state index is 12.7. The third kappa shape index (κ3) is 3.82. The largest absolute Gasteiger partial charge is 0.294 e. The van der Waals surface area contributed by atoms with Crippen LogP contribution in [0.3, 0.4) is 0 Å². The molecule has 1 aliphatic rings. The van der Waals surface area contributed by atoms with E-state index < -0.39 is 10.0 Å². The zero-order chi connectivity index (χ0) is 20.8. The van der Waals surface area contributed by atoms with Crippen LogP contribution in [-0.4, -0.2) is 24.0 Å². The van der Waals surface area contributed by atoms with Gasteiger partial charge in [-0.3, -0.25) is 9.52 Å². The minimum absolute atomic E-state index is 0.101. The van der Waals surface area contributed by atoms with Crippen molar-refractivity contribution in [3.8, 4) is 5.69 Å². The summed E-state index contributed by atoms with van der Waals surface area (Å²) in [5, 5.41) is 4.38. The number of nitrogens with zero attached hydrogens (tertiary/aromatic N) is 2. The number of hydrogen-bond donors (Lipinski definition) is 1. The highest BCUT2D eigenvalue weighted by Gasteiger charge is 2.34. The predicted octanol–water partition coefficient (Wildman–Crippen LogP) is 4.14. The van der Waals surface area contributed by atoms with Crippen molar-refractivity contribution < 1.29 is 13.2 Å². The molecule has 1 aromatic heterocycles. The maximum absolute atomic E-state index is 12.7. The van der Waals surface area contributed by atoms with Crippen molar-refractivity contribution in [2.75, 3.05) is 4.72 Å². The standard InChI is InChI=1S/C22H23N3O3S/c1-15-5-4-6-16(11-15)24-29(27,28)18-9-7-17(8-10-18)25-20-12-22(2,3)13-21(26)19(20)14-23-25/h4-11,14,24H,12-13H2,1-3H3. The lowest BCUT2D eigenvalue weighted by molar-refractivity contribution is 0.0911. The van der Waals surface area contributed by atoms with Gasteiger partial charge in [-0.2, -0.15) is 5.10 Å². The van der Waals surface area contributed by atoms with Gasteiger partial charge in [0.05, 0.1) is 28.0 Å². The lowest BCUT2D eigenvalue weighted by atomic mass is 9.76. The van der Waals surface area contributed by atoms with Crippen LogP contribution in [0.2, 0.25) is 0 Å². The molecular weight excluding hydrogens is 386 g/mol. The number of fused-ring (bicyclic) bond motifs is 1. The molecule has 0 aliphatic heterocycles. The van der Waals surface area contributed by atoms with Crippen LogP contribution in [0.15, 0.2) is 59.6 Å². The number of anilines is 1. The molecule has 0 unspecified atom stereocenters. The van der Waals surface area contributed by atoms with Crippen molar-refractivity contribution >= 4 is 21.5 Å². The fraction of sp³-hybridized carbons (Fsp3) is 0.273. The fourth-order valence-electron chi connectivity index (χ4n) is 3.73. The average Bonchev–Trinajstić information content (AvgIpc) is 3.04. The van der Waals surface area contributed by atoms with Gasteiger partial charge in [0.2, 0.25) is 0 Å². The normalized spacial score (nSPS) is 15.8. The number of sulfonamides is 1. The Morgan fingerprint density at radius 3 is 2.48 bits per heavy atom. The summed E-state index contributed by atoms with van der Waals surface area (Å²) < 4.78 is 29.7. The van der Waals surface area contributed by atoms with E-state index in [9.17, 15) is 13.2 Å². The second-order valence-corrected chi connectivity index (χ2v) is 10.0. The van der Waals surface area contributed by atoms with E-state index in [0.717, 1.165) is 23.4 Å². The molecule has 3 aromatic rings. The highest BCUT2D eigenvalue weighted by molar-refractivity contribution is 7.92. The quantitative estimate of drug-likeness (QED) is 0.702. The SMILES string of the molecule is Cc1cccc(NS(=O)(=O)c2ccc(-n3ncc4c3CC(C)(C)CC4=O)cc2)c1. The van der Waals surface area contributed by atoms with Crippen molar-refractivity contribution in [3.63, 3.8) is 0 Å². The van der Waals surface area contributed by atoms with E-state index in [4.69, 9.17) is 0 Å². The number of carbonyl (C=O) groups is 1. The first-order valence-electron chi connectivity index (χ1n) is 9.45. The topological polar surface area (TPSA) is 81.1 Å². The van der Waals surface area contributed by atoms with E-state index in [-0.39, 0.29) is 16.1 Å². The Balaban J connectivity index is 1.63. The zero-order valence-electron chi connectivity index (χ0n) is 16.6. The molecule has 4 rings (SSSR count). The van der Waals surface area contributed by atoms with Crippen LogP contribution in [0.25, 0.3) is 5.69 Å². The molecule has 6 nitrogen and oxygen atoms in total. The number of benzene rings is 2. The Labute approximate surface area is 170 Å². The van der Waals surface area contributed by atoms with E-state index in [1.54, 1.807) is 53.3 Å². The van der Waals surface area contributed by atoms with E-state index >= 15 is 0 Å². The molecule has 0 amide bonds. The molecular formula is C22H23N3O3S. The van der Waals surface area contributed by atoms with Crippen molar-refractivity contribution in [2.24, 2.45) is 5.41 Å². The van der Waals surface area contributed by atoms with Gasteiger partial charge >= 0.3 is 0 Å². The van der Waals surface area contributed by atoms with Gasteiger partial charge in [-0.15, -0.1) is 0 Å². The van der Waals surface area contributed by atoms with Crippen molar-refractivity contribution in [2.45, 2.75) is 38.5 Å². The van der Waals surface area contributed by atoms with Crippen LogP contribution < -0.4 is 4.72 Å². The number of Topliss-reactive ketones (excluding diaryl/α,β-unsaturated/α-hetero) is 1. The summed E-state index contributed by atoms with van der Waals surface area (Å²) in [6.07, 6.45) is 2.85. The molecule has 2 aromatic carbocycles. The molecule has 29 heavy (non-hydrogen) atoms. The number of ketones is 1. The third-order valence-corrected chi connectivity index (χ3v) is 6.51. The van der Waals surface area contributed by atoms with Crippen LogP contribution in [-0.2, 0) is 16.4 Å². The minimum atomic E-state index is -3.69. The van der Waals surface area contributed by atoms with Crippen LogP contribution in [0.4, 0.5) is 5.69 Å². The molecule has 150 valence electrons. The van der Waals surface area contributed by atoms with Crippen molar-refractivity contribution in [1.82, 2.24) is 9.78 Å². The Kier molecular flexibility index (Phi) is 4.58. The molecule has 7 heteroatoms. The smallest absolute Gasteiger partial charge is 0.261 e. The summed E-state index contributed by atoms with van der Waals surface area (Å²) in [6, 6.07) is 13.7. The molecule has 1 heterocycles. The van der Waals surface area contributed by atoms with Gasteiger partial charge in [0, 0.05) is 12.1 Å². The second kappa shape index (κ2) is 6.84. The van der Waals surface area contributed by atoms with Crippen LogP contribution in [0, 0.1) is 12.3 Å². The van der Waals surface area contributed by atoms with Gasteiger partial charge < -0.3 is 0 Å². The van der Waals surface area contributed by atoms with E-state index in [1.165, 1.54) is 0 Å². The van der Waals surface area contributed by atoms with Crippen LogP contribution in [0.1, 0.15) is 41.9 Å². The molecule has 0 atom stereocenters. The van der Waals surface area contributed by atoms with Gasteiger partial charge in [0.25, 0.3) is 10.0 Å². The highest BCUT2D eigenvalue weighted by atomic mass is 32.2. The fourth-order valence-corrected chi connectivity index (χ4v) is 4.78. The molecule has 0 saturated carbocycles. The number of rotatable bonds is 4. The highest BCUT2D eigenvalue weighted by Crippen LogP contribution is 2.35. The predicted molar refractivity (Wildman–Crippen MR) is 112 cm³/mol. The van der Waals surface area contributed by atoms with Gasteiger partial charge in [-0.1, -0.05) is 26.0 Å². The van der Waals surface area contributed by atoms with Gasteiger partial charge in [0.1, 0.15) is 0 Å². The Morgan fingerprint density at radius 2 is 1.79 bits per heavy atom. The van der Waals surface area contributed by atoms with Crippen molar-refractivity contribution in [3.05, 3.63) is 71.5 Å². The summed E-state index contributed by atoms with van der Waals surface area (Å²) in [7, 11) is -3.69. The first-order valence-corrected chi connectivity index (χ1v) is 10.9.